The highest BCUT2D eigenvalue weighted by Gasteiger charge is 2.25. The van der Waals surface area contributed by atoms with Crippen LogP contribution in [0.2, 0.25) is 0 Å². The molecule has 0 amide bonds. The Morgan fingerprint density at radius 3 is 2.60 bits per heavy atom. The molecule has 1 rings (SSSR count). The number of hydrogen-bond donors (Lipinski definition) is 2. The van der Waals surface area contributed by atoms with E-state index < -0.39 is 22.4 Å². The van der Waals surface area contributed by atoms with Crippen molar-refractivity contribution < 1.29 is 23.0 Å². The van der Waals surface area contributed by atoms with Gasteiger partial charge in [-0.25, -0.2) is 12.8 Å². The van der Waals surface area contributed by atoms with E-state index in [2.05, 4.69) is 11.8 Å². The lowest BCUT2D eigenvalue weighted by Gasteiger charge is -2.20. The summed E-state index contributed by atoms with van der Waals surface area (Å²) >= 11 is 0. The van der Waals surface area contributed by atoms with E-state index in [1.165, 1.54) is 0 Å². The van der Waals surface area contributed by atoms with Crippen molar-refractivity contribution >= 4 is 10.0 Å². The molecule has 0 aliphatic heterocycles. The summed E-state index contributed by atoms with van der Waals surface area (Å²) in [6.07, 6.45) is 0. The van der Waals surface area contributed by atoms with Crippen LogP contribution < -0.4 is 0 Å². The van der Waals surface area contributed by atoms with E-state index in [0.29, 0.717) is 0 Å². The zero-order chi connectivity index (χ0) is 15.2. The third-order valence-corrected chi connectivity index (χ3v) is 4.60. The summed E-state index contributed by atoms with van der Waals surface area (Å²) in [5.41, 5.74) is -0.0181. The molecule has 7 heteroatoms. The van der Waals surface area contributed by atoms with E-state index in [4.69, 9.17) is 10.2 Å². The van der Waals surface area contributed by atoms with Gasteiger partial charge in [0.15, 0.2) is 0 Å². The monoisotopic (exact) mass is 301 g/mol. The molecular formula is C13H16FNO4S. The van der Waals surface area contributed by atoms with Crippen LogP contribution in [0, 0.1) is 17.7 Å². The Labute approximate surface area is 117 Å². The van der Waals surface area contributed by atoms with E-state index in [1.54, 1.807) is 6.92 Å². The van der Waals surface area contributed by atoms with Gasteiger partial charge < -0.3 is 10.2 Å². The number of nitrogens with zero attached hydrogens (tertiary/aromatic N) is 1. The summed E-state index contributed by atoms with van der Waals surface area (Å²) in [7, 11) is -3.87. The number of rotatable bonds is 5. The second kappa shape index (κ2) is 7.36. The van der Waals surface area contributed by atoms with Crippen LogP contribution in [0.3, 0.4) is 0 Å². The zero-order valence-electron chi connectivity index (χ0n) is 11.0. The number of aliphatic hydroxyl groups is 2. The third kappa shape index (κ3) is 3.77. The molecule has 5 nitrogen and oxygen atoms in total. The maximum Gasteiger partial charge on any atom is 0.244 e. The second-order valence-electron chi connectivity index (χ2n) is 3.82. The van der Waals surface area contributed by atoms with Crippen molar-refractivity contribution in [3.63, 3.8) is 0 Å². The molecule has 2 N–H and O–H groups in total. The van der Waals surface area contributed by atoms with E-state index in [-0.39, 0.29) is 30.2 Å². The Balaban J connectivity index is 3.37. The first-order valence-corrected chi connectivity index (χ1v) is 7.41. The Kier molecular flexibility index (Phi) is 6.10. The summed E-state index contributed by atoms with van der Waals surface area (Å²) in [4.78, 5) is -0.143. The molecule has 0 atom stereocenters. The molecule has 0 saturated heterocycles. The quantitative estimate of drug-likeness (QED) is 0.760. The van der Waals surface area contributed by atoms with Gasteiger partial charge in [0.05, 0.1) is 11.5 Å². The molecule has 0 fully saturated rings. The van der Waals surface area contributed by atoms with Gasteiger partial charge >= 0.3 is 0 Å². The molecular weight excluding hydrogens is 285 g/mol. The molecule has 110 valence electrons. The lowest BCUT2D eigenvalue weighted by atomic mass is 10.2. The first-order chi connectivity index (χ1) is 9.47. The molecule has 1 aromatic rings. The summed E-state index contributed by atoms with van der Waals surface area (Å²) in [6.45, 7) is 0.988. The zero-order valence-corrected chi connectivity index (χ0v) is 11.8. The number of sulfonamides is 1. The normalized spacial score (nSPS) is 11.2. The fourth-order valence-corrected chi connectivity index (χ4v) is 3.23. The average molecular weight is 301 g/mol. The van der Waals surface area contributed by atoms with Gasteiger partial charge in [-0.2, -0.15) is 4.31 Å². The van der Waals surface area contributed by atoms with Crippen LogP contribution in [-0.4, -0.2) is 49.2 Å². The molecule has 0 saturated carbocycles. The fourth-order valence-electron chi connectivity index (χ4n) is 1.66. The van der Waals surface area contributed by atoms with Crippen molar-refractivity contribution in [2.75, 3.05) is 26.3 Å². The summed E-state index contributed by atoms with van der Waals surface area (Å²) in [5.74, 6) is 4.11. The van der Waals surface area contributed by atoms with Crippen LogP contribution in [0.15, 0.2) is 23.1 Å². The molecule has 0 spiro atoms. The number of likely N-dealkylation sites (N-methyl/N-ethyl adjacent to an activating group) is 1. The van der Waals surface area contributed by atoms with Gasteiger partial charge in [-0.1, -0.05) is 18.8 Å². The maximum absolute atomic E-state index is 13.2. The van der Waals surface area contributed by atoms with Crippen molar-refractivity contribution in [3.8, 4) is 11.8 Å². The Hall–Kier alpha value is -1.46. The molecule has 0 heterocycles. The van der Waals surface area contributed by atoms with E-state index >= 15 is 0 Å². The minimum absolute atomic E-state index is 0.0181. The second-order valence-corrected chi connectivity index (χ2v) is 5.73. The lowest BCUT2D eigenvalue weighted by molar-refractivity contribution is 0.257. The predicted octanol–water partition coefficient (Wildman–Crippen LogP) is 0.172. The molecule has 20 heavy (non-hydrogen) atoms. The van der Waals surface area contributed by atoms with Crippen molar-refractivity contribution in [2.24, 2.45) is 0 Å². The van der Waals surface area contributed by atoms with Crippen molar-refractivity contribution in [1.29, 1.82) is 0 Å². The molecule has 0 bridgehead atoms. The molecule has 0 aliphatic carbocycles. The van der Waals surface area contributed by atoms with Gasteiger partial charge in [-0.3, -0.25) is 0 Å². The van der Waals surface area contributed by atoms with E-state index in [1.807, 2.05) is 0 Å². The van der Waals surface area contributed by atoms with Gasteiger partial charge in [-0.05, 0) is 18.2 Å². The summed E-state index contributed by atoms with van der Waals surface area (Å²) in [5, 5.41) is 17.6. The average Bonchev–Trinajstić information content (AvgIpc) is 2.42. The van der Waals surface area contributed by atoms with Gasteiger partial charge in [0.2, 0.25) is 10.0 Å². The van der Waals surface area contributed by atoms with Gasteiger partial charge in [0.1, 0.15) is 12.4 Å². The topological polar surface area (TPSA) is 77.8 Å². The first-order valence-electron chi connectivity index (χ1n) is 5.97. The standard InChI is InChI=1S/C13H16FNO4S/c1-2-15(7-9-17)20(18,19)13-6-5-12(14)10-11(13)4-3-8-16/h5-6,10,16-17H,2,7-9H2,1H3. The Morgan fingerprint density at radius 1 is 1.35 bits per heavy atom. The number of benzene rings is 1. The molecule has 0 radical (unpaired) electrons. The highest BCUT2D eigenvalue weighted by Crippen LogP contribution is 2.20. The van der Waals surface area contributed by atoms with Crippen LogP contribution in [0.25, 0.3) is 0 Å². The SMILES string of the molecule is CCN(CCO)S(=O)(=O)c1ccc(F)cc1C#CCO. The third-order valence-electron chi connectivity index (χ3n) is 2.56. The van der Waals surface area contributed by atoms with Crippen LogP contribution in [0.5, 0.6) is 0 Å². The molecule has 1 aromatic carbocycles. The first kappa shape index (κ1) is 16.6. The maximum atomic E-state index is 13.2. The predicted molar refractivity (Wildman–Crippen MR) is 71.9 cm³/mol. The Bertz CT molecular complexity index is 619. The summed E-state index contributed by atoms with van der Waals surface area (Å²) in [6, 6.07) is 3.16. The lowest BCUT2D eigenvalue weighted by Crippen LogP contribution is -2.33. The van der Waals surface area contributed by atoms with E-state index in [0.717, 1.165) is 22.5 Å². The fraction of sp³-hybridized carbons (Fsp3) is 0.385. The molecule has 0 unspecified atom stereocenters. The molecule has 0 aromatic heterocycles. The van der Waals surface area contributed by atoms with Crippen molar-refractivity contribution in [3.05, 3.63) is 29.6 Å². The number of aliphatic hydroxyl groups excluding tert-OH is 2. The van der Waals surface area contributed by atoms with Crippen molar-refractivity contribution in [1.82, 2.24) is 4.31 Å². The highest BCUT2D eigenvalue weighted by molar-refractivity contribution is 7.89. The van der Waals surface area contributed by atoms with Crippen LogP contribution >= 0.6 is 0 Å². The van der Waals surface area contributed by atoms with Crippen molar-refractivity contribution in [2.45, 2.75) is 11.8 Å². The number of halogens is 1. The smallest absolute Gasteiger partial charge is 0.244 e. The minimum Gasteiger partial charge on any atom is -0.395 e. The summed E-state index contributed by atoms with van der Waals surface area (Å²) < 4.78 is 39.1. The van der Waals surface area contributed by atoms with Crippen LogP contribution in [0.4, 0.5) is 4.39 Å². The largest absolute Gasteiger partial charge is 0.395 e. The van der Waals surface area contributed by atoms with Crippen LogP contribution in [0.1, 0.15) is 12.5 Å². The van der Waals surface area contributed by atoms with Crippen LogP contribution in [-0.2, 0) is 10.0 Å². The minimum atomic E-state index is -3.87. The van der Waals surface area contributed by atoms with Gasteiger partial charge in [-0.15, -0.1) is 0 Å². The van der Waals surface area contributed by atoms with Gasteiger partial charge in [0, 0.05) is 18.7 Å². The van der Waals surface area contributed by atoms with E-state index in [9.17, 15) is 12.8 Å². The Morgan fingerprint density at radius 2 is 2.05 bits per heavy atom. The highest BCUT2D eigenvalue weighted by atomic mass is 32.2. The van der Waals surface area contributed by atoms with Gasteiger partial charge in [0.25, 0.3) is 0 Å². The number of hydrogen-bond acceptors (Lipinski definition) is 4. The molecule has 0 aliphatic rings.